The van der Waals surface area contributed by atoms with Crippen LogP contribution in [0.5, 0.6) is 0 Å². The highest BCUT2D eigenvalue weighted by atomic mass is 32.2. The molecule has 0 radical (unpaired) electrons. The van der Waals surface area contributed by atoms with Gasteiger partial charge in [-0.25, -0.2) is 0 Å². The van der Waals surface area contributed by atoms with E-state index in [0.717, 1.165) is 0 Å². The number of nitrogens with one attached hydrogen (secondary N) is 1. The predicted molar refractivity (Wildman–Crippen MR) is 68.7 cm³/mol. The zero-order chi connectivity index (χ0) is 10.5. The summed E-state index contributed by atoms with van der Waals surface area (Å²) in [5.41, 5.74) is 1.29. The fourth-order valence-corrected chi connectivity index (χ4v) is 2.65. The normalized spacial score (nSPS) is 17.7. The molecular weight excluding hydrogens is 202 g/mol. The van der Waals surface area contributed by atoms with E-state index in [4.69, 9.17) is 0 Å². The van der Waals surface area contributed by atoms with Crippen LogP contribution in [-0.4, -0.2) is 12.3 Å². The predicted octanol–water partition coefficient (Wildman–Crippen LogP) is 4.15. The van der Waals surface area contributed by atoms with Crippen LogP contribution in [0.3, 0.4) is 0 Å². The van der Waals surface area contributed by atoms with E-state index in [9.17, 15) is 0 Å². The van der Waals surface area contributed by atoms with E-state index in [-0.39, 0.29) is 0 Å². The molecule has 0 atom stereocenters. The lowest BCUT2D eigenvalue weighted by Crippen LogP contribution is -2.22. The summed E-state index contributed by atoms with van der Waals surface area (Å²) in [6.07, 6.45) is 9.00. The first-order chi connectivity index (χ1) is 7.38. The molecule has 0 saturated heterocycles. The Balaban J connectivity index is 1.96. The highest BCUT2D eigenvalue weighted by molar-refractivity contribution is 7.98. The van der Waals surface area contributed by atoms with Crippen LogP contribution in [0.2, 0.25) is 0 Å². The van der Waals surface area contributed by atoms with Gasteiger partial charge in [0, 0.05) is 16.6 Å². The fraction of sp³-hybridized carbons (Fsp3) is 0.538. The number of anilines is 1. The van der Waals surface area contributed by atoms with E-state index in [0.29, 0.717) is 6.04 Å². The number of benzene rings is 1. The summed E-state index contributed by atoms with van der Waals surface area (Å²) in [7, 11) is 0. The van der Waals surface area contributed by atoms with E-state index in [1.54, 1.807) is 11.8 Å². The fourth-order valence-electron chi connectivity index (χ4n) is 2.20. The Morgan fingerprint density at radius 1 is 1.20 bits per heavy atom. The third-order valence-corrected chi connectivity index (χ3v) is 3.77. The molecule has 0 aliphatic heterocycles. The van der Waals surface area contributed by atoms with Crippen LogP contribution in [0.1, 0.15) is 32.1 Å². The average Bonchev–Trinajstić information content (AvgIpc) is 2.31. The summed E-state index contributed by atoms with van der Waals surface area (Å²) in [6, 6.07) is 9.43. The van der Waals surface area contributed by atoms with Crippen LogP contribution in [0.15, 0.2) is 29.2 Å². The summed E-state index contributed by atoms with van der Waals surface area (Å²) in [5, 5.41) is 3.64. The molecule has 1 N–H and O–H groups in total. The van der Waals surface area contributed by atoms with Crippen molar-refractivity contribution in [2.45, 2.75) is 43.0 Å². The van der Waals surface area contributed by atoms with Gasteiger partial charge >= 0.3 is 0 Å². The molecule has 2 rings (SSSR count). The molecule has 0 bridgehead atoms. The summed E-state index contributed by atoms with van der Waals surface area (Å²) < 4.78 is 0. The van der Waals surface area contributed by atoms with E-state index < -0.39 is 0 Å². The summed E-state index contributed by atoms with van der Waals surface area (Å²) >= 11 is 1.80. The van der Waals surface area contributed by atoms with Gasteiger partial charge in [0.2, 0.25) is 0 Å². The Kier molecular flexibility index (Phi) is 3.95. The first kappa shape index (κ1) is 10.9. The Bertz CT molecular complexity index is 305. The average molecular weight is 221 g/mol. The Labute approximate surface area is 96.7 Å². The molecule has 0 spiro atoms. The maximum absolute atomic E-state index is 3.64. The molecule has 1 aliphatic carbocycles. The first-order valence-electron chi connectivity index (χ1n) is 5.79. The van der Waals surface area contributed by atoms with Crippen molar-refractivity contribution in [3.63, 3.8) is 0 Å². The van der Waals surface area contributed by atoms with Crippen molar-refractivity contribution in [2.75, 3.05) is 11.6 Å². The minimum atomic E-state index is 0.704. The highest BCUT2D eigenvalue weighted by Crippen LogP contribution is 2.24. The standard InChI is InChI=1S/C13H19NS/c1-15-13-9-5-8-12(10-13)14-11-6-3-2-4-7-11/h5,8-11,14H,2-4,6-7H2,1H3. The number of hydrogen-bond acceptors (Lipinski definition) is 2. The van der Waals surface area contributed by atoms with Crippen LogP contribution >= 0.6 is 11.8 Å². The van der Waals surface area contributed by atoms with Crippen LogP contribution in [0, 0.1) is 0 Å². The van der Waals surface area contributed by atoms with Crippen LogP contribution < -0.4 is 5.32 Å². The third kappa shape index (κ3) is 3.16. The van der Waals surface area contributed by atoms with Crippen molar-refractivity contribution in [1.29, 1.82) is 0 Å². The molecule has 15 heavy (non-hydrogen) atoms. The number of hydrogen-bond donors (Lipinski definition) is 1. The van der Waals surface area contributed by atoms with Gasteiger partial charge in [0.05, 0.1) is 0 Å². The molecule has 1 fully saturated rings. The minimum absolute atomic E-state index is 0.704. The second-order valence-corrected chi connectivity index (χ2v) is 5.09. The molecule has 1 aromatic carbocycles. The highest BCUT2D eigenvalue weighted by Gasteiger charge is 2.12. The second kappa shape index (κ2) is 5.45. The summed E-state index contributed by atoms with van der Waals surface area (Å²) in [4.78, 5) is 1.34. The maximum atomic E-state index is 3.64. The minimum Gasteiger partial charge on any atom is -0.382 e. The van der Waals surface area contributed by atoms with Gasteiger partial charge in [-0.05, 0) is 37.3 Å². The van der Waals surface area contributed by atoms with Crippen molar-refractivity contribution in [3.05, 3.63) is 24.3 Å². The first-order valence-corrected chi connectivity index (χ1v) is 7.01. The Morgan fingerprint density at radius 2 is 2.00 bits per heavy atom. The van der Waals surface area contributed by atoms with Crippen molar-refractivity contribution >= 4 is 17.4 Å². The van der Waals surface area contributed by atoms with Crippen molar-refractivity contribution in [1.82, 2.24) is 0 Å². The quantitative estimate of drug-likeness (QED) is 0.769. The molecule has 1 aromatic rings. The topological polar surface area (TPSA) is 12.0 Å². The molecule has 0 amide bonds. The molecule has 0 aromatic heterocycles. The van der Waals surface area contributed by atoms with Gasteiger partial charge in [-0.3, -0.25) is 0 Å². The number of thioether (sulfide) groups is 1. The van der Waals surface area contributed by atoms with Gasteiger partial charge < -0.3 is 5.32 Å². The Morgan fingerprint density at radius 3 is 2.73 bits per heavy atom. The lowest BCUT2D eigenvalue weighted by molar-refractivity contribution is 0.462. The molecule has 82 valence electrons. The van der Waals surface area contributed by atoms with Gasteiger partial charge in [0.1, 0.15) is 0 Å². The third-order valence-electron chi connectivity index (χ3n) is 3.05. The summed E-state index contributed by atoms with van der Waals surface area (Å²) in [6.45, 7) is 0. The van der Waals surface area contributed by atoms with E-state index in [1.807, 2.05) is 0 Å². The van der Waals surface area contributed by atoms with Crippen molar-refractivity contribution < 1.29 is 0 Å². The van der Waals surface area contributed by atoms with Gasteiger partial charge in [-0.15, -0.1) is 11.8 Å². The molecule has 2 heteroatoms. The monoisotopic (exact) mass is 221 g/mol. The maximum Gasteiger partial charge on any atom is 0.0353 e. The molecular formula is C13H19NS. The van der Waals surface area contributed by atoms with Crippen molar-refractivity contribution in [2.24, 2.45) is 0 Å². The van der Waals surface area contributed by atoms with Crippen LogP contribution in [0.25, 0.3) is 0 Å². The van der Waals surface area contributed by atoms with Crippen LogP contribution in [0.4, 0.5) is 5.69 Å². The molecule has 0 unspecified atom stereocenters. The lowest BCUT2D eigenvalue weighted by atomic mass is 9.95. The zero-order valence-corrected chi connectivity index (χ0v) is 10.1. The van der Waals surface area contributed by atoms with Gasteiger partial charge in [-0.1, -0.05) is 25.3 Å². The number of rotatable bonds is 3. The second-order valence-electron chi connectivity index (χ2n) is 4.21. The van der Waals surface area contributed by atoms with Gasteiger partial charge in [0.25, 0.3) is 0 Å². The van der Waals surface area contributed by atoms with Crippen LogP contribution in [-0.2, 0) is 0 Å². The Hall–Kier alpha value is -0.630. The SMILES string of the molecule is CSc1cccc(NC2CCCCC2)c1. The van der Waals surface area contributed by atoms with E-state index in [2.05, 4.69) is 35.8 Å². The summed E-state index contributed by atoms with van der Waals surface area (Å²) in [5.74, 6) is 0. The molecule has 0 heterocycles. The molecule has 1 saturated carbocycles. The molecule has 1 aliphatic rings. The molecule has 1 nitrogen and oxygen atoms in total. The van der Waals surface area contributed by atoms with Gasteiger partial charge in [-0.2, -0.15) is 0 Å². The van der Waals surface area contributed by atoms with E-state index in [1.165, 1.54) is 42.7 Å². The smallest absolute Gasteiger partial charge is 0.0353 e. The zero-order valence-electron chi connectivity index (χ0n) is 9.33. The lowest BCUT2D eigenvalue weighted by Gasteiger charge is -2.24. The van der Waals surface area contributed by atoms with E-state index >= 15 is 0 Å². The van der Waals surface area contributed by atoms with Crippen molar-refractivity contribution in [3.8, 4) is 0 Å². The van der Waals surface area contributed by atoms with Gasteiger partial charge in [0.15, 0.2) is 0 Å². The largest absolute Gasteiger partial charge is 0.382 e.